The van der Waals surface area contributed by atoms with E-state index < -0.39 is 5.97 Å². The highest BCUT2D eigenvalue weighted by Gasteiger charge is 2.16. The average molecular weight is 267 g/mol. The minimum Gasteiger partial charge on any atom is -0.478 e. The maximum atomic E-state index is 11.0. The summed E-state index contributed by atoms with van der Waals surface area (Å²) in [5.41, 5.74) is 3.68. The predicted molar refractivity (Wildman–Crippen MR) is 79.1 cm³/mol. The first-order valence-corrected chi connectivity index (χ1v) is 6.88. The molecule has 0 amide bonds. The zero-order valence-corrected chi connectivity index (χ0v) is 11.2. The molecule has 0 radical (unpaired) electrons. The van der Waals surface area contributed by atoms with Gasteiger partial charge in [-0.1, -0.05) is 36.4 Å². The minimum atomic E-state index is -0.888. The molecule has 3 rings (SSSR count). The Morgan fingerprint density at radius 1 is 1.10 bits per heavy atom. The van der Waals surface area contributed by atoms with Gasteiger partial charge in [0.15, 0.2) is 0 Å². The Morgan fingerprint density at radius 2 is 1.90 bits per heavy atom. The molecule has 1 atom stereocenters. The minimum absolute atomic E-state index is 0.326. The van der Waals surface area contributed by atoms with Crippen molar-refractivity contribution in [2.24, 2.45) is 0 Å². The third kappa shape index (κ3) is 2.58. The van der Waals surface area contributed by atoms with Crippen LogP contribution in [-0.2, 0) is 0 Å². The van der Waals surface area contributed by atoms with E-state index in [9.17, 15) is 4.79 Å². The Bertz CT molecular complexity index is 613. The first-order valence-electron chi connectivity index (χ1n) is 6.88. The molecule has 0 spiro atoms. The molecule has 0 saturated carbocycles. The van der Waals surface area contributed by atoms with E-state index in [0.717, 1.165) is 24.2 Å². The lowest BCUT2D eigenvalue weighted by Gasteiger charge is -2.10. The second kappa shape index (κ2) is 5.47. The highest BCUT2D eigenvalue weighted by molar-refractivity contribution is 5.89. The molecule has 0 aliphatic carbocycles. The van der Waals surface area contributed by atoms with Crippen LogP contribution in [0.1, 0.15) is 28.3 Å². The van der Waals surface area contributed by atoms with Gasteiger partial charge in [-0.3, -0.25) is 0 Å². The topological polar surface area (TPSA) is 49.3 Å². The number of carboxylic acids is 1. The van der Waals surface area contributed by atoms with Gasteiger partial charge in [-0.15, -0.1) is 0 Å². The molecular weight excluding hydrogens is 250 g/mol. The summed E-state index contributed by atoms with van der Waals surface area (Å²) >= 11 is 0. The van der Waals surface area contributed by atoms with E-state index in [1.165, 1.54) is 12.0 Å². The number of carboxylic acid groups (broad SMARTS) is 1. The van der Waals surface area contributed by atoms with Gasteiger partial charge in [0, 0.05) is 6.54 Å². The third-order valence-corrected chi connectivity index (χ3v) is 3.89. The number of carbonyl (C=O) groups is 1. The zero-order valence-electron chi connectivity index (χ0n) is 11.2. The summed E-state index contributed by atoms with van der Waals surface area (Å²) in [5, 5.41) is 12.4. The fraction of sp³-hybridized carbons (Fsp3) is 0.235. The quantitative estimate of drug-likeness (QED) is 0.898. The molecule has 1 unspecified atom stereocenters. The summed E-state index contributed by atoms with van der Waals surface area (Å²) in [5.74, 6) is -0.282. The highest BCUT2D eigenvalue weighted by atomic mass is 16.4. The van der Waals surface area contributed by atoms with Crippen LogP contribution in [0.3, 0.4) is 0 Å². The molecule has 1 aliphatic rings. The van der Waals surface area contributed by atoms with Gasteiger partial charge in [0.1, 0.15) is 0 Å². The van der Waals surface area contributed by atoms with Crippen LogP contribution < -0.4 is 5.32 Å². The Labute approximate surface area is 118 Å². The molecule has 2 aromatic rings. The van der Waals surface area contributed by atoms with Crippen molar-refractivity contribution in [3.63, 3.8) is 0 Å². The van der Waals surface area contributed by atoms with Gasteiger partial charge in [0.05, 0.1) is 5.56 Å². The molecule has 1 fully saturated rings. The zero-order chi connectivity index (χ0) is 13.9. The van der Waals surface area contributed by atoms with Gasteiger partial charge in [-0.05, 0) is 47.7 Å². The fourth-order valence-corrected chi connectivity index (χ4v) is 2.72. The van der Waals surface area contributed by atoms with E-state index in [2.05, 4.69) is 29.6 Å². The second-order valence-electron chi connectivity index (χ2n) is 5.20. The van der Waals surface area contributed by atoms with E-state index in [0.29, 0.717) is 11.5 Å². The van der Waals surface area contributed by atoms with Crippen molar-refractivity contribution in [2.45, 2.75) is 12.3 Å². The number of hydrogen-bond acceptors (Lipinski definition) is 2. The summed E-state index contributed by atoms with van der Waals surface area (Å²) in [6.07, 6.45) is 1.19. The summed E-state index contributed by atoms with van der Waals surface area (Å²) in [6.45, 7) is 2.14. The Morgan fingerprint density at radius 3 is 2.55 bits per heavy atom. The van der Waals surface area contributed by atoms with Crippen LogP contribution in [-0.4, -0.2) is 24.2 Å². The van der Waals surface area contributed by atoms with E-state index in [-0.39, 0.29) is 0 Å². The molecule has 2 aromatic carbocycles. The molecule has 0 aromatic heterocycles. The highest BCUT2D eigenvalue weighted by Crippen LogP contribution is 2.26. The third-order valence-electron chi connectivity index (χ3n) is 3.89. The van der Waals surface area contributed by atoms with Crippen molar-refractivity contribution in [3.05, 3.63) is 59.7 Å². The maximum Gasteiger partial charge on any atom is 0.335 e. The lowest BCUT2D eigenvalue weighted by atomic mass is 9.95. The van der Waals surface area contributed by atoms with E-state index in [4.69, 9.17) is 5.11 Å². The van der Waals surface area contributed by atoms with Crippen LogP contribution in [0.25, 0.3) is 11.1 Å². The van der Waals surface area contributed by atoms with Gasteiger partial charge in [-0.2, -0.15) is 0 Å². The van der Waals surface area contributed by atoms with Crippen LogP contribution in [0.5, 0.6) is 0 Å². The first-order chi connectivity index (χ1) is 9.74. The average Bonchev–Trinajstić information content (AvgIpc) is 3.02. The van der Waals surface area contributed by atoms with Crippen molar-refractivity contribution in [1.82, 2.24) is 5.32 Å². The van der Waals surface area contributed by atoms with Crippen molar-refractivity contribution in [2.75, 3.05) is 13.1 Å². The lowest BCUT2D eigenvalue weighted by Crippen LogP contribution is -2.07. The van der Waals surface area contributed by atoms with Gasteiger partial charge in [0.2, 0.25) is 0 Å². The number of nitrogens with one attached hydrogen (secondary N) is 1. The molecule has 3 nitrogen and oxygen atoms in total. The lowest BCUT2D eigenvalue weighted by molar-refractivity contribution is 0.0697. The van der Waals surface area contributed by atoms with Crippen LogP contribution in [0.2, 0.25) is 0 Å². The molecule has 1 aliphatic heterocycles. The Kier molecular flexibility index (Phi) is 3.52. The van der Waals surface area contributed by atoms with Crippen molar-refractivity contribution >= 4 is 5.97 Å². The first kappa shape index (κ1) is 12.9. The van der Waals surface area contributed by atoms with Crippen molar-refractivity contribution in [3.8, 4) is 11.1 Å². The molecular formula is C17H17NO2. The molecule has 1 saturated heterocycles. The smallest absolute Gasteiger partial charge is 0.335 e. The van der Waals surface area contributed by atoms with E-state index in [1.54, 1.807) is 18.2 Å². The molecule has 1 heterocycles. The standard InChI is InChI=1S/C17H17NO2/c19-17(20)15-3-1-2-14(10-15)12-4-6-13(7-5-12)16-8-9-18-11-16/h1-7,10,16,18H,8-9,11H2,(H,19,20). The Balaban J connectivity index is 1.87. The summed E-state index contributed by atoms with van der Waals surface area (Å²) in [7, 11) is 0. The number of benzene rings is 2. The number of rotatable bonds is 3. The molecule has 2 N–H and O–H groups in total. The van der Waals surface area contributed by atoms with Crippen LogP contribution in [0.15, 0.2) is 48.5 Å². The van der Waals surface area contributed by atoms with Gasteiger partial charge >= 0.3 is 5.97 Å². The molecule has 0 bridgehead atoms. The predicted octanol–water partition coefficient (Wildman–Crippen LogP) is 3.13. The monoisotopic (exact) mass is 267 g/mol. The number of aromatic carboxylic acids is 1. The Hall–Kier alpha value is -2.13. The fourth-order valence-electron chi connectivity index (χ4n) is 2.72. The van der Waals surface area contributed by atoms with Crippen LogP contribution >= 0.6 is 0 Å². The maximum absolute atomic E-state index is 11.0. The van der Waals surface area contributed by atoms with Crippen LogP contribution in [0.4, 0.5) is 0 Å². The molecule has 3 heteroatoms. The number of hydrogen-bond donors (Lipinski definition) is 2. The molecule has 102 valence electrons. The van der Waals surface area contributed by atoms with E-state index in [1.807, 2.05) is 6.07 Å². The van der Waals surface area contributed by atoms with Crippen LogP contribution in [0, 0.1) is 0 Å². The normalized spacial score (nSPS) is 18.1. The van der Waals surface area contributed by atoms with Gasteiger partial charge in [0.25, 0.3) is 0 Å². The van der Waals surface area contributed by atoms with Gasteiger partial charge in [-0.25, -0.2) is 4.79 Å². The SMILES string of the molecule is O=C(O)c1cccc(-c2ccc(C3CCNC3)cc2)c1. The summed E-state index contributed by atoms with van der Waals surface area (Å²) < 4.78 is 0. The summed E-state index contributed by atoms with van der Waals surface area (Å²) in [6, 6.07) is 15.5. The van der Waals surface area contributed by atoms with Gasteiger partial charge < -0.3 is 10.4 Å². The van der Waals surface area contributed by atoms with Crippen molar-refractivity contribution in [1.29, 1.82) is 0 Å². The molecule has 20 heavy (non-hydrogen) atoms. The summed E-state index contributed by atoms with van der Waals surface area (Å²) in [4.78, 5) is 11.0. The van der Waals surface area contributed by atoms with E-state index >= 15 is 0 Å². The second-order valence-corrected chi connectivity index (χ2v) is 5.20. The largest absolute Gasteiger partial charge is 0.478 e. The van der Waals surface area contributed by atoms with Crippen molar-refractivity contribution < 1.29 is 9.90 Å².